The number of nitrogens with one attached hydrogen (secondary N) is 1. The lowest BCUT2D eigenvalue weighted by molar-refractivity contribution is -0.149. The van der Waals surface area contributed by atoms with E-state index in [4.69, 9.17) is 24.7 Å². The number of aliphatic hydroxyl groups is 1. The van der Waals surface area contributed by atoms with Gasteiger partial charge in [-0.25, -0.2) is 4.79 Å². The van der Waals surface area contributed by atoms with Gasteiger partial charge in [0.15, 0.2) is 11.5 Å². The standard InChI is InChI=1S/C32H42N4O9/c1-20(37)26(28(33)38)34-30(40)32(18-22-16-24(42-2)27(44-4)25(17-22)43-3)13-9-15-36(32)29(39)23-12-8-14-35(23)31(41)45-19-21-10-6-5-7-11-21/h5-7,10-11,16-17,20,23,26,37H,8-9,12-15,18-19H2,1-4H3,(H2,33,38)(H,34,40)/t20-,23+,26+,32?/m1/s1. The van der Waals surface area contributed by atoms with Crippen molar-refractivity contribution in [1.82, 2.24) is 15.1 Å². The number of aliphatic hydroxyl groups excluding tert-OH is 1. The van der Waals surface area contributed by atoms with Crippen LogP contribution in [0.15, 0.2) is 42.5 Å². The minimum absolute atomic E-state index is 0.0117. The number of nitrogens with two attached hydrogens (primary N) is 1. The third-order valence-electron chi connectivity index (χ3n) is 8.45. The number of likely N-dealkylation sites (tertiary alicyclic amines) is 2. The van der Waals surface area contributed by atoms with Crippen LogP contribution in [-0.2, 0) is 32.1 Å². The van der Waals surface area contributed by atoms with E-state index in [2.05, 4.69) is 5.32 Å². The van der Waals surface area contributed by atoms with E-state index in [1.54, 1.807) is 12.1 Å². The summed E-state index contributed by atoms with van der Waals surface area (Å²) in [4.78, 5) is 56.8. The fourth-order valence-electron chi connectivity index (χ4n) is 6.20. The van der Waals surface area contributed by atoms with Crippen LogP contribution in [0.3, 0.4) is 0 Å². The molecule has 2 aromatic carbocycles. The maximum Gasteiger partial charge on any atom is 0.410 e. The van der Waals surface area contributed by atoms with Crippen LogP contribution >= 0.6 is 0 Å². The summed E-state index contributed by atoms with van der Waals surface area (Å²) in [5, 5.41) is 12.8. The van der Waals surface area contributed by atoms with E-state index in [0.717, 1.165) is 5.56 Å². The molecule has 2 aromatic rings. The number of carbonyl (C=O) groups is 4. The first-order valence-corrected chi connectivity index (χ1v) is 14.9. The molecule has 4 amide bonds. The van der Waals surface area contributed by atoms with Crippen molar-refractivity contribution in [3.8, 4) is 17.2 Å². The summed E-state index contributed by atoms with van der Waals surface area (Å²) < 4.78 is 22.0. The maximum absolute atomic E-state index is 14.3. The van der Waals surface area contributed by atoms with Crippen LogP contribution in [0.4, 0.5) is 4.79 Å². The lowest BCUT2D eigenvalue weighted by Gasteiger charge is -2.40. The smallest absolute Gasteiger partial charge is 0.410 e. The number of ether oxygens (including phenoxy) is 4. The molecule has 0 spiro atoms. The zero-order chi connectivity index (χ0) is 32.7. The van der Waals surface area contributed by atoms with Gasteiger partial charge in [-0.3, -0.25) is 19.3 Å². The monoisotopic (exact) mass is 626 g/mol. The average Bonchev–Trinajstić information content (AvgIpc) is 3.70. The fourth-order valence-corrected chi connectivity index (χ4v) is 6.20. The first kappa shape index (κ1) is 33.4. The molecular formula is C32H42N4O9. The van der Waals surface area contributed by atoms with E-state index >= 15 is 0 Å². The Morgan fingerprint density at radius 1 is 1.00 bits per heavy atom. The van der Waals surface area contributed by atoms with E-state index in [9.17, 15) is 24.3 Å². The largest absolute Gasteiger partial charge is 0.493 e. The summed E-state index contributed by atoms with van der Waals surface area (Å²) in [5.74, 6) is -0.888. The average molecular weight is 627 g/mol. The van der Waals surface area contributed by atoms with E-state index in [1.165, 1.54) is 38.1 Å². The van der Waals surface area contributed by atoms with Crippen molar-refractivity contribution >= 4 is 23.8 Å². The summed E-state index contributed by atoms with van der Waals surface area (Å²) in [6, 6.07) is 10.4. The second kappa shape index (κ2) is 14.5. The highest BCUT2D eigenvalue weighted by Gasteiger charge is 2.53. The summed E-state index contributed by atoms with van der Waals surface area (Å²) >= 11 is 0. The molecule has 4 atom stereocenters. The maximum atomic E-state index is 14.3. The van der Waals surface area contributed by atoms with E-state index < -0.39 is 47.5 Å². The van der Waals surface area contributed by atoms with Crippen LogP contribution in [-0.4, -0.2) is 96.9 Å². The Morgan fingerprint density at radius 2 is 1.67 bits per heavy atom. The second-order valence-corrected chi connectivity index (χ2v) is 11.3. The van der Waals surface area contributed by atoms with Crippen molar-refractivity contribution in [2.24, 2.45) is 5.73 Å². The molecule has 0 radical (unpaired) electrons. The Kier molecular flexibility index (Phi) is 10.8. The van der Waals surface area contributed by atoms with Gasteiger partial charge in [0.25, 0.3) is 0 Å². The van der Waals surface area contributed by atoms with Crippen molar-refractivity contribution in [2.75, 3.05) is 34.4 Å². The van der Waals surface area contributed by atoms with Gasteiger partial charge in [-0.15, -0.1) is 0 Å². The van der Waals surface area contributed by atoms with E-state index in [0.29, 0.717) is 48.6 Å². The first-order chi connectivity index (χ1) is 21.6. The number of carbonyl (C=O) groups excluding carboxylic acids is 4. The van der Waals surface area contributed by atoms with Crippen molar-refractivity contribution in [3.63, 3.8) is 0 Å². The van der Waals surface area contributed by atoms with Crippen molar-refractivity contribution in [1.29, 1.82) is 0 Å². The predicted octanol–water partition coefficient (Wildman–Crippen LogP) is 1.77. The van der Waals surface area contributed by atoms with Crippen LogP contribution in [0, 0.1) is 0 Å². The van der Waals surface area contributed by atoms with Gasteiger partial charge in [0.2, 0.25) is 23.5 Å². The van der Waals surface area contributed by atoms with Gasteiger partial charge in [-0.1, -0.05) is 30.3 Å². The summed E-state index contributed by atoms with van der Waals surface area (Å²) in [6.07, 6.45) is -0.172. The molecule has 4 N–H and O–H groups in total. The molecule has 2 aliphatic heterocycles. The molecule has 0 aliphatic carbocycles. The molecule has 0 bridgehead atoms. The number of benzene rings is 2. The molecule has 4 rings (SSSR count). The van der Waals surface area contributed by atoms with Gasteiger partial charge in [0.1, 0.15) is 24.2 Å². The van der Waals surface area contributed by atoms with Crippen molar-refractivity contribution in [2.45, 2.75) is 69.4 Å². The molecule has 2 heterocycles. The lowest BCUT2D eigenvalue weighted by Crippen LogP contribution is -2.65. The third-order valence-corrected chi connectivity index (χ3v) is 8.45. The Hall–Kier alpha value is -4.52. The number of nitrogens with zero attached hydrogens (tertiary/aromatic N) is 2. The zero-order valence-electron chi connectivity index (χ0n) is 26.1. The van der Waals surface area contributed by atoms with Gasteiger partial charge in [-0.2, -0.15) is 0 Å². The molecule has 2 saturated heterocycles. The first-order valence-electron chi connectivity index (χ1n) is 14.9. The Balaban J connectivity index is 1.68. The van der Waals surface area contributed by atoms with Gasteiger partial charge in [0, 0.05) is 19.5 Å². The molecule has 0 aromatic heterocycles. The van der Waals surface area contributed by atoms with Crippen molar-refractivity contribution in [3.05, 3.63) is 53.6 Å². The minimum atomic E-state index is -1.49. The Bertz CT molecular complexity index is 1360. The predicted molar refractivity (Wildman–Crippen MR) is 163 cm³/mol. The molecule has 244 valence electrons. The van der Waals surface area contributed by atoms with Crippen molar-refractivity contribution < 1.29 is 43.2 Å². The number of hydrogen-bond acceptors (Lipinski definition) is 9. The quantitative estimate of drug-likeness (QED) is 0.318. The van der Waals surface area contributed by atoms with E-state index in [1.807, 2.05) is 30.3 Å². The van der Waals surface area contributed by atoms with Gasteiger partial charge < -0.3 is 40.0 Å². The van der Waals surface area contributed by atoms with Gasteiger partial charge >= 0.3 is 6.09 Å². The normalized spacial score (nSPS) is 20.7. The van der Waals surface area contributed by atoms with Gasteiger partial charge in [0.05, 0.1) is 27.4 Å². The molecule has 13 heteroatoms. The molecule has 1 unspecified atom stereocenters. The Labute approximate surface area is 262 Å². The second-order valence-electron chi connectivity index (χ2n) is 11.3. The number of primary amides is 1. The number of methoxy groups -OCH3 is 3. The summed E-state index contributed by atoms with van der Waals surface area (Å²) in [5.41, 5.74) is 5.42. The van der Waals surface area contributed by atoms with Crippen LogP contribution in [0.25, 0.3) is 0 Å². The van der Waals surface area contributed by atoms with Gasteiger partial charge in [-0.05, 0) is 55.9 Å². The molecule has 45 heavy (non-hydrogen) atoms. The zero-order valence-corrected chi connectivity index (χ0v) is 26.1. The Morgan fingerprint density at radius 3 is 2.24 bits per heavy atom. The summed E-state index contributed by atoms with van der Waals surface area (Å²) in [6.45, 7) is 1.96. The lowest BCUT2D eigenvalue weighted by atomic mass is 9.85. The molecule has 13 nitrogen and oxygen atoms in total. The van der Waals surface area contributed by atoms with Crippen LogP contribution < -0.4 is 25.3 Å². The number of amides is 4. The van der Waals surface area contributed by atoms with Crippen LogP contribution in [0.2, 0.25) is 0 Å². The fraction of sp³-hybridized carbons (Fsp3) is 0.500. The molecule has 2 aliphatic rings. The highest BCUT2D eigenvalue weighted by Crippen LogP contribution is 2.42. The molecular weight excluding hydrogens is 584 g/mol. The van der Waals surface area contributed by atoms with Crippen LogP contribution in [0.1, 0.15) is 43.7 Å². The number of hydrogen-bond donors (Lipinski definition) is 3. The van der Waals surface area contributed by atoms with Crippen LogP contribution in [0.5, 0.6) is 17.2 Å². The summed E-state index contributed by atoms with van der Waals surface area (Å²) in [7, 11) is 4.42. The molecule has 2 fully saturated rings. The minimum Gasteiger partial charge on any atom is -0.493 e. The highest BCUT2D eigenvalue weighted by molar-refractivity contribution is 5.97. The third kappa shape index (κ3) is 7.08. The highest BCUT2D eigenvalue weighted by atomic mass is 16.6. The molecule has 0 saturated carbocycles. The number of rotatable bonds is 12. The topological polar surface area (TPSA) is 170 Å². The van der Waals surface area contributed by atoms with E-state index in [-0.39, 0.29) is 26.0 Å². The SMILES string of the molecule is COc1cc(CC2(C(=O)N[C@H](C(N)=O)[C@@H](C)O)CCCN2C(=O)[C@@H]2CCCN2C(=O)OCc2ccccc2)cc(OC)c1OC.